The van der Waals surface area contributed by atoms with Crippen molar-refractivity contribution in [1.82, 2.24) is 5.32 Å². The summed E-state index contributed by atoms with van der Waals surface area (Å²) < 4.78 is 10.6. The molecule has 0 aliphatic rings. The largest absolute Gasteiger partial charge is 0.481 e. The van der Waals surface area contributed by atoms with E-state index in [1.165, 1.54) is 0 Å². The minimum absolute atomic E-state index is 0.0345. The van der Waals surface area contributed by atoms with Gasteiger partial charge >= 0.3 is 11.9 Å². The second-order valence-electron chi connectivity index (χ2n) is 10.4. The van der Waals surface area contributed by atoms with Crippen molar-refractivity contribution in [2.45, 2.75) is 122 Å². The molecular weight excluding hydrogens is 518 g/mol. The van der Waals surface area contributed by atoms with Crippen molar-refractivity contribution in [3.63, 3.8) is 0 Å². The Hall–Kier alpha value is -2.33. The highest BCUT2D eigenvalue weighted by Crippen LogP contribution is 2.16. The molecule has 0 aliphatic heterocycles. The Morgan fingerprint density at radius 2 is 1.20 bits per heavy atom. The molecule has 0 saturated heterocycles. The van der Waals surface area contributed by atoms with Crippen molar-refractivity contribution in [1.29, 1.82) is 0 Å². The van der Waals surface area contributed by atoms with Crippen LogP contribution in [0.25, 0.3) is 0 Å². The Bertz CT molecular complexity index is 711. The standard InChI is InChI=1S/C30H53NO9/c1-2-3-14-27(33)24-40-22-21-39-20-19-31-28(34)18-17-25(30(37)38)23-26(32)15-12-10-8-6-4-5-7-9-11-13-16-29(35)36/h25H,2-24H2,1H3,(H,31,34)(H,35,36)(H,37,38)/t25-/m1/s1. The van der Waals surface area contributed by atoms with Crippen LogP contribution < -0.4 is 5.32 Å². The first-order valence-electron chi connectivity index (χ1n) is 15.2. The molecule has 0 fully saturated rings. The van der Waals surface area contributed by atoms with E-state index in [1.54, 1.807) is 0 Å². The molecule has 0 radical (unpaired) electrons. The molecule has 0 spiro atoms. The highest BCUT2D eigenvalue weighted by molar-refractivity contribution is 5.84. The summed E-state index contributed by atoms with van der Waals surface area (Å²) in [6.07, 6.45) is 13.1. The number of ketones is 2. The predicted molar refractivity (Wildman–Crippen MR) is 152 cm³/mol. The molecule has 0 saturated carbocycles. The number of carbonyl (C=O) groups is 5. The van der Waals surface area contributed by atoms with E-state index in [0.29, 0.717) is 26.1 Å². The van der Waals surface area contributed by atoms with Crippen LogP contribution in [0.15, 0.2) is 0 Å². The minimum Gasteiger partial charge on any atom is -0.481 e. The number of unbranched alkanes of at least 4 members (excludes halogenated alkanes) is 10. The number of hydrogen-bond donors (Lipinski definition) is 3. The first-order valence-corrected chi connectivity index (χ1v) is 15.2. The third kappa shape index (κ3) is 25.9. The van der Waals surface area contributed by atoms with E-state index >= 15 is 0 Å². The summed E-state index contributed by atoms with van der Waals surface area (Å²) in [4.78, 5) is 57.8. The van der Waals surface area contributed by atoms with Crippen molar-refractivity contribution in [2.24, 2.45) is 5.92 Å². The van der Waals surface area contributed by atoms with Gasteiger partial charge < -0.3 is 25.0 Å². The zero-order chi connectivity index (χ0) is 29.8. The van der Waals surface area contributed by atoms with Gasteiger partial charge in [-0.2, -0.15) is 0 Å². The lowest BCUT2D eigenvalue weighted by molar-refractivity contribution is -0.144. The van der Waals surface area contributed by atoms with Crippen molar-refractivity contribution >= 4 is 29.4 Å². The quantitative estimate of drug-likeness (QED) is 0.0998. The number of carboxylic acid groups (broad SMARTS) is 2. The van der Waals surface area contributed by atoms with E-state index in [9.17, 15) is 29.1 Å². The number of amides is 1. The van der Waals surface area contributed by atoms with Crippen molar-refractivity contribution in [2.75, 3.05) is 33.0 Å². The van der Waals surface area contributed by atoms with Gasteiger partial charge in [0.1, 0.15) is 12.4 Å². The van der Waals surface area contributed by atoms with Gasteiger partial charge in [-0.05, 0) is 25.7 Å². The molecule has 0 heterocycles. The average Bonchev–Trinajstić information content (AvgIpc) is 2.91. The van der Waals surface area contributed by atoms with Gasteiger partial charge in [-0.1, -0.05) is 64.7 Å². The summed E-state index contributed by atoms with van der Waals surface area (Å²) >= 11 is 0. The molecule has 40 heavy (non-hydrogen) atoms. The van der Waals surface area contributed by atoms with Gasteiger partial charge in [-0.15, -0.1) is 0 Å². The maximum absolute atomic E-state index is 12.3. The van der Waals surface area contributed by atoms with Gasteiger partial charge in [-0.3, -0.25) is 24.0 Å². The van der Waals surface area contributed by atoms with Crippen LogP contribution in [0.3, 0.4) is 0 Å². The lowest BCUT2D eigenvalue weighted by atomic mass is 9.94. The molecule has 10 heteroatoms. The van der Waals surface area contributed by atoms with Crippen molar-refractivity contribution in [3.8, 4) is 0 Å². The number of nitrogens with one attached hydrogen (secondary N) is 1. The first-order chi connectivity index (χ1) is 19.3. The molecule has 0 unspecified atom stereocenters. The van der Waals surface area contributed by atoms with Gasteiger partial charge in [0, 0.05) is 38.6 Å². The summed E-state index contributed by atoms with van der Waals surface area (Å²) in [7, 11) is 0. The Morgan fingerprint density at radius 3 is 1.77 bits per heavy atom. The molecule has 0 aromatic carbocycles. The monoisotopic (exact) mass is 571 g/mol. The normalized spacial score (nSPS) is 11.7. The molecule has 0 aromatic heterocycles. The molecule has 1 atom stereocenters. The van der Waals surface area contributed by atoms with Gasteiger partial charge in [-0.25, -0.2) is 0 Å². The first kappa shape index (κ1) is 37.7. The Balaban J connectivity index is 3.75. The predicted octanol–water partition coefficient (Wildman–Crippen LogP) is 5.10. The van der Waals surface area contributed by atoms with Crippen LogP contribution >= 0.6 is 0 Å². The fourth-order valence-electron chi connectivity index (χ4n) is 4.21. The zero-order valence-corrected chi connectivity index (χ0v) is 24.6. The van der Waals surface area contributed by atoms with Gasteiger partial charge in [0.2, 0.25) is 5.91 Å². The number of aliphatic carboxylic acids is 2. The number of Topliss-reactive ketones (excluding diaryl/α,β-unsaturated/α-hetero) is 2. The maximum Gasteiger partial charge on any atom is 0.306 e. The lowest BCUT2D eigenvalue weighted by Crippen LogP contribution is -2.29. The SMILES string of the molecule is CCCCC(=O)COCCOCCNC(=O)CC[C@H](CC(=O)CCCCCCCCCCCCC(=O)O)C(=O)O. The van der Waals surface area contributed by atoms with Gasteiger partial charge in [0.15, 0.2) is 5.78 Å². The number of ether oxygens (including phenoxy) is 2. The van der Waals surface area contributed by atoms with E-state index in [2.05, 4.69) is 5.32 Å². The number of rotatable bonds is 30. The Morgan fingerprint density at radius 1 is 0.650 bits per heavy atom. The van der Waals surface area contributed by atoms with Crippen LogP contribution in [0.4, 0.5) is 0 Å². The van der Waals surface area contributed by atoms with Gasteiger partial charge in [0.25, 0.3) is 0 Å². The number of carboxylic acids is 2. The molecule has 0 rings (SSSR count). The summed E-state index contributed by atoms with van der Waals surface area (Å²) in [6.45, 7) is 3.32. The van der Waals surface area contributed by atoms with Crippen LogP contribution in [0.5, 0.6) is 0 Å². The Labute approximate surface area is 239 Å². The molecular formula is C30H53NO9. The van der Waals surface area contributed by atoms with Crippen molar-refractivity contribution < 1.29 is 43.7 Å². The van der Waals surface area contributed by atoms with E-state index in [0.717, 1.165) is 77.0 Å². The van der Waals surface area contributed by atoms with Crippen LogP contribution in [-0.4, -0.2) is 72.6 Å². The molecule has 0 aliphatic carbocycles. The number of hydrogen-bond acceptors (Lipinski definition) is 7. The van der Waals surface area contributed by atoms with Crippen LogP contribution in [0.2, 0.25) is 0 Å². The van der Waals surface area contributed by atoms with Crippen LogP contribution in [0, 0.1) is 5.92 Å². The smallest absolute Gasteiger partial charge is 0.306 e. The Kier molecular flexibility index (Phi) is 25.3. The van der Waals surface area contributed by atoms with Crippen LogP contribution in [-0.2, 0) is 33.4 Å². The summed E-state index contributed by atoms with van der Waals surface area (Å²) in [5, 5.41) is 20.7. The summed E-state index contributed by atoms with van der Waals surface area (Å²) in [5.74, 6) is -2.91. The third-order valence-electron chi connectivity index (χ3n) is 6.65. The summed E-state index contributed by atoms with van der Waals surface area (Å²) in [6, 6.07) is 0. The lowest BCUT2D eigenvalue weighted by Gasteiger charge is -2.12. The fourth-order valence-corrected chi connectivity index (χ4v) is 4.21. The fraction of sp³-hybridized carbons (Fsp3) is 0.833. The van der Waals surface area contributed by atoms with Crippen molar-refractivity contribution in [3.05, 3.63) is 0 Å². The molecule has 10 nitrogen and oxygen atoms in total. The average molecular weight is 572 g/mol. The topological polar surface area (TPSA) is 156 Å². The van der Waals surface area contributed by atoms with Gasteiger partial charge in [0.05, 0.1) is 25.7 Å². The third-order valence-corrected chi connectivity index (χ3v) is 6.65. The molecule has 3 N–H and O–H groups in total. The molecule has 0 aromatic rings. The molecule has 232 valence electrons. The number of carbonyl (C=O) groups excluding carboxylic acids is 3. The second-order valence-corrected chi connectivity index (χ2v) is 10.4. The highest BCUT2D eigenvalue weighted by atomic mass is 16.5. The summed E-state index contributed by atoms with van der Waals surface area (Å²) in [5.41, 5.74) is 0. The highest BCUT2D eigenvalue weighted by Gasteiger charge is 2.22. The van der Waals surface area contributed by atoms with Crippen LogP contribution in [0.1, 0.15) is 122 Å². The van der Waals surface area contributed by atoms with E-state index < -0.39 is 17.9 Å². The zero-order valence-electron chi connectivity index (χ0n) is 24.6. The van der Waals surface area contributed by atoms with E-state index in [4.69, 9.17) is 14.6 Å². The minimum atomic E-state index is -1.05. The second kappa shape index (κ2) is 26.9. The molecule has 0 bridgehead atoms. The molecule has 1 amide bonds. The van der Waals surface area contributed by atoms with E-state index in [-0.39, 0.29) is 62.9 Å². The van der Waals surface area contributed by atoms with E-state index in [1.807, 2.05) is 6.92 Å². The maximum atomic E-state index is 12.3.